The van der Waals surface area contributed by atoms with Gasteiger partial charge in [0.15, 0.2) is 0 Å². The summed E-state index contributed by atoms with van der Waals surface area (Å²) in [7, 11) is 0. The predicted molar refractivity (Wildman–Crippen MR) is 130 cm³/mol. The molecule has 30 heavy (non-hydrogen) atoms. The molecule has 1 saturated carbocycles. The first-order chi connectivity index (χ1) is 14.8. The number of benzene rings is 2. The predicted octanol–water partition coefficient (Wildman–Crippen LogP) is 8.47. The summed E-state index contributed by atoms with van der Waals surface area (Å²) >= 11 is 0. The fraction of sp³-hybridized carbons (Fsp3) is 0.448. The standard InChI is InChI=1S/C29H38O/c1-3-5-7-9-24-10-14-26(15-11-24)28-18-20-29(21-19-28)27-16-12-25(13-17-27)23-30-22-8-6-4-2/h3-4,6,12-13,16-21,24,26H,1,5,7-11,14-15,22-23H2,2H3/b6-4+. The number of rotatable bonds is 11. The molecule has 1 nitrogen and oxygen atoms in total. The van der Waals surface area contributed by atoms with Crippen molar-refractivity contribution in [2.24, 2.45) is 5.92 Å². The van der Waals surface area contributed by atoms with Crippen LogP contribution in [0.25, 0.3) is 11.1 Å². The summed E-state index contributed by atoms with van der Waals surface area (Å²) in [5.74, 6) is 1.68. The lowest BCUT2D eigenvalue weighted by Crippen LogP contribution is -2.13. The molecule has 0 N–H and O–H groups in total. The molecule has 1 heteroatoms. The van der Waals surface area contributed by atoms with Gasteiger partial charge in [-0.05, 0) is 86.0 Å². The Labute approximate surface area is 183 Å². The summed E-state index contributed by atoms with van der Waals surface area (Å²) < 4.78 is 5.73. The molecule has 1 aliphatic rings. The van der Waals surface area contributed by atoms with Gasteiger partial charge in [0, 0.05) is 0 Å². The van der Waals surface area contributed by atoms with Crippen LogP contribution >= 0.6 is 0 Å². The molecule has 0 bridgehead atoms. The number of hydrogen-bond acceptors (Lipinski definition) is 1. The Kier molecular flexibility index (Phi) is 9.44. The number of ether oxygens (including phenoxy) is 1. The van der Waals surface area contributed by atoms with Crippen LogP contribution in [0.1, 0.15) is 75.3 Å². The van der Waals surface area contributed by atoms with Crippen LogP contribution in [0.15, 0.2) is 73.3 Å². The molecule has 160 valence electrons. The van der Waals surface area contributed by atoms with E-state index in [1.807, 2.05) is 6.92 Å². The van der Waals surface area contributed by atoms with Crippen LogP contribution in [0, 0.1) is 5.92 Å². The van der Waals surface area contributed by atoms with Gasteiger partial charge in [-0.15, -0.1) is 6.58 Å². The van der Waals surface area contributed by atoms with Crippen LogP contribution in [0.5, 0.6) is 0 Å². The van der Waals surface area contributed by atoms with Crippen molar-refractivity contribution in [1.29, 1.82) is 0 Å². The highest BCUT2D eigenvalue weighted by molar-refractivity contribution is 5.64. The molecule has 0 atom stereocenters. The third-order valence-electron chi connectivity index (χ3n) is 6.47. The molecule has 0 aliphatic heterocycles. The van der Waals surface area contributed by atoms with Gasteiger partial charge in [0.05, 0.1) is 13.2 Å². The first-order valence-electron chi connectivity index (χ1n) is 11.8. The average Bonchev–Trinajstić information content (AvgIpc) is 2.80. The Balaban J connectivity index is 1.48. The number of allylic oxidation sites excluding steroid dienone is 2. The fourth-order valence-electron chi connectivity index (χ4n) is 4.58. The van der Waals surface area contributed by atoms with Crippen molar-refractivity contribution in [2.45, 2.75) is 70.8 Å². The third kappa shape index (κ3) is 6.99. The second kappa shape index (κ2) is 12.5. The Morgan fingerprint density at radius 1 is 0.900 bits per heavy atom. The topological polar surface area (TPSA) is 9.23 Å². The molecule has 0 radical (unpaired) electrons. The highest BCUT2D eigenvalue weighted by atomic mass is 16.5. The van der Waals surface area contributed by atoms with Crippen molar-refractivity contribution in [1.82, 2.24) is 0 Å². The number of hydrogen-bond donors (Lipinski definition) is 0. The van der Waals surface area contributed by atoms with E-state index in [2.05, 4.69) is 73.3 Å². The Bertz CT molecular complexity index is 761. The lowest BCUT2D eigenvalue weighted by atomic mass is 9.77. The van der Waals surface area contributed by atoms with Crippen LogP contribution in [0.3, 0.4) is 0 Å². The molecule has 0 spiro atoms. The van der Waals surface area contributed by atoms with Crippen LogP contribution in [0.2, 0.25) is 0 Å². The molecule has 0 heterocycles. The second-order valence-electron chi connectivity index (χ2n) is 8.67. The zero-order chi connectivity index (χ0) is 21.0. The quantitative estimate of drug-likeness (QED) is 0.270. The maximum absolute atomic E-state index is 5.73. The van der Waals surface area contributed by atoms with Gasteiger partial charge < -0.3 is 4.74 Å². The first-order valence-corrected chi connectivity index (χ1v) is 11.8. The summed E-state index contributed by atoms with van der Waals surface area (Å²) in [4.78, 5) is 0. The van der Waals surface area contributed by atoms with Gasteiger partial charge in [-0.25, -0.2) is 0 Å². The molecular weight excluding hydrogens is 364 g/mol. The molecule has 0 aromatic heterocycles. The molecular formula is C29H38O. The van der Waals surface area contributed by atoms with E-state index < -0.39 is 0 Å². The molecule has 2 aromatic rings. The second-order valence-corrected chi connectivity index (χ2v) is 8.67. The number of unbranched alkanes of at least 4 members (excludes halogenated alkanes) is 1. The zero-order valence-corrected chi connectivity index (χ0v) is 18.7. The minimum Gasteiger partial charge on any atom is -0.376 e. The van der Waals surface area contributed by atoms with E-state index in [1.54, 1.807) is 0 Å². The third-order valence-corrected chi connectivity index (χ3v) is 6.47. The van der Waals surface area contributed by atoms with E-state index in [4.69, 9.17) is 4.74 Å². The van der Waals surface area contributed by atoms with Crippen LogP contribution in [-0.2, 0) is 11.3 Å². The van der Waals surface area contributed by atoms with E-state index in [1.165, 1.54) is 67.2 Å². The highest BCUT2D eigenvalue weighted by Crippen LogP contribution is 2.38. The van der Waals surface area contributed by atoms with Gasteiger partial charge in [0.2, 0.25) is 0 Å². The van der Waals surface area contributed by atoms with E-state index >= 15 is 0 Å². The Morgan fingerprint density at radius 2 is 1.57 bits per heavy atom. The van der Waals surface area contributed by atoms with Crippen molar-refractivity contribution < 1.29 is 4.74 Å². The Hall–Kier alpha value is -2.12. The van der Waals surface area contributed by atoms with Gasteiger partial charge in [-0.3, -0.25) is 0 Å². The van der Waals surface area contributed by atoms with E-state index in [0.717, 1.165) is 24.9 Å². The normalized spacial score (nSPS) is 19.2. The van der Waals surface area contributed by atoms with E-state index in [0.29, 0.717) is 6.61 Å². The van der Waals surface area contributed by atoms with Crippen molar-refractivity contribution in [3.8, 4) is 11.1 Å². The fourth-order valence-corrected chi connectivity index (χ4v) is 4.58. The molecule has 1 aliphatic carbocycles. The summed E-state index contributed by atoms with van der Waals surface area (Å²) in [6.07, 6.45) is 16.6. The monoisotopic (exact) mass is 402 g/mol. The summed E-state index contributed by atoms with van der Waals surface area (Å²) in [6.45, 7) is 7.36. The summed E-state index contributed by atoms with van der Waals surface area (Å²) in [6, 6.07) is 18.1. The minimum absolute atomic E-state index is 0.688. The molecule has 0 unspecified atom stereocenters. The van der Waals surface area contributed by atoms with Gasteiger partial charge in [0.25, 0.3) is 0 Å². The molecule has 1 fully saturated rings. The maximum atomic E-state index is 5.73. The summed E-state index contributed by atoms with van der Waals surface area (Å²) in [5, 5.41) is 0. The highest BCUT2D eigenvalue weighted by Gasteiger charge is 2.21. The van der Waals surface area contributed by atoms with E-state index in [9.17, 15) is 0 Å². The summed E-state index contributed by atoms with van der Waals surface area (Å²) in [5.41, 5.74) is 5.35. The van der Waals surface area contributed by atoms with Gasteiger partial charge in [-0.2, -0.15) is 0 Å². The minimum atomic E-state index is 0.688. The zero-order valence-electron chi connectivity index (χ0n) is 18.7. The maximum Gasteiger partial charge on any atom is 0.0717 e. The van der Waals surface area contributed by atoms with Crippen LogP contribution < -0.4 is 0 Å². The molecule has 0 saturated heterocycles. The van der Waals surface area contributed by atoms with Gasteiger partial charge >= 0.3 is 0 Å². The van der Waals surface area contributed by atoms with Gasteiger partial charge in [0.1, 0.15) is 0 Å². The Morgan fingerprint density at radius 3 is 2.20 bits per heavy atom. The molecule has 0 amide bonds. The van der Waals surface area contributed by atoms with Crippen LogP contribution in [0.4, 0.5) is 0 Å². The lowest BCUT2D eigenvalue weighted by molar-refractivity contribution is 0.125. The average molecular weight is 403 g/mol. The van der Waals surface area contributed by atoms with Crippen LogP contribution in [-0.4, -0.2) is 6.61 Å². The molecule has 3 rings (SSSR count). The van der Waals surface area contributed by atoms with Gasteiger partial charge in [-0.1, -0.05) is 73.2 Å². The largest absolute Gasteiger partial charge is 0.376 e. The van der Waals surface area contributed by atoms with Crippen molar-refractivity contribution in [3.05, 3.63) is 84.5 Å². The lowest BCUT2D eigenvalue weighted by Gasteiger charge is -2.29. The van der Waals surface area contributed by atoms with E-state index in [-0.39, 0.29) is 0 Å². The molecule has 2 aromatic carbocycles. The smallest absolute Gasteiger partial charge is 0.0717 e. The van der Waals surface area contributed by atoms with Crippen molar-refractivity contribution >= 4 is 0 Å². The first kappa shape index (κ1) is 22.6. The SMILES string of the molecule is C=CCCCC1CCC(c2ccc(-c3ccc(COCC/C=C/C)cc3)cc2)CC1. The van der Waals surface area contributed by atoms with Crippen molar-refractivity contribution in [3.63, 3.8) is 0 Å². The van der Waals surface area contributed by atoms with Crippen molar-refractivity contribution in [2.75, 3.05) is 6.61 Å².